The zero-order chi connectivity index (χ0) is 10.7. The van der Waals surface area contributed by atoms with Gasteiger partial charge in [0.15, 0.2) is 0 Å². The highest BCUT2D eigenvalue weighted by Gasteiger charge is 2.24. The lowest BCUT2D eigenvalue weighted by atomic mass is 10.0. The largest absolute Gasteiger partial charge is 0.305 e. The van der Waals surface area contributed by atoms with Crippen molar-refractivity contribution >= 4 is 0 Å². The molecule has 0 bridgehead atoms. The first-order valence-electron chi connectivity index (χ1n) is 6.64. The SMILES string of the molecule is CN(C)C1CCCN(CC2CCCC2)C1. The number of rotatable bonds is 3. The van der Waals surface area contributed by atoms with Crippen molar-refractivity contribution in [2.24, 2.45) is 5.92 Å². The maximum atomic E-state index is 2.71. The van der Waals surface area contributed by atoms with Crippen molar-refractivity contribution in [1.82, 2.24) is 9.80 Å². The molecule has 1 atom stereocenters. The van der Waals surface area contributed by atoms with Crippen LogP contribution >= 0.6 is 0 Å². The summed E-state index contributed by atoms with van der Waals surface area (Å²) >= 11 is 0. The van der Waals surface area contributed by atoms with Crippen molar-refractivity contribution in [2.45, 2.75) is 44.6 Å². The lowest BCUT2D eigenvalue weighted by molar-refractivity contribution is 0.119. The van der Waals surface area contributed by atoms with E-state index < -0.39 is 0 Å². The average Bonchev–Trinajstić information content (AvgIpc) is 2.71. The van der Waals surface area contributed by atoms with Crippen LogP contribution in [-0.4, -0.2) is 49.6 Å². The van der Waals surface area contributed by atoms with E-state index in [1.54, 1.807) is 0 Å². The van der Waals surface area contributed by atoms with Crippen LogP contribution in [0, 0.1) is 5.92 Å². The summed E-state index contributed by atoms with van der Waals surface area (Å²) in [6.07, 6.45) is 8.74. The van der Waals surface area contributed by atoms with Crippen molar-refractivity contribution in [3.05, 3.63) is 0 Å². The number of likely N-dealkylation sites (N-methyl/N-ethyl adjacent to an activating group) is 1. The molecule has 0 N–H and O–H groups in total. The molecule has 0 spiro atoms. The van der Waals surface area contributed by atoms with E-state index >= 15 is 0 Å². The molecule has 0 aromatic heterocycles. The quantitative estimate of drug-likeness (QED) is 0.704. The predicted molar refractivity (Wildman–Crippen MR) is 65.1 cm³/mol. The molecule has 1 saturated carbocycles. The van der Waals surface area contributed by atoms with E-state index in [2.05, 4.69) is 23.9 Å². The number of nitrogens with zero attached hydrogens (tertiary/aromatic N) is 2. The molecule has 0 aromatic carbocycles. The van der Waals surface area contributed by atoms with Crippen LogP contribution in [0.2, 0.25) is 0 Å². The van der Waals surface area contributed by atoms with Crippen molar-refractivity contribution in [3.63, 3.8) is 0 Å². The first-order chi connectivity index (χ1) is 7.25. The fraction of sp³-hybridized carbons (Fsp3) is 1.00. The summed E-state index contributed by atoms with van der Waals surface area (Å²) in [4.78, 5) is 5.12. The van der Waals surface area contributed by atoms with Gasteiger partial charge in [-0.15, -0.1) is 0 Å². The first-order valence-corrected chi connectivity index (χ1v) is 6.64. The molecule has 88 valence electrons. The van der Waals surface area contributed by atoms with Crippen molar-refractivity contribution in [3.8, 4) is 0 Å². The number of hydrogen-bond donors (Lipinski definition) is 0. The van der Waals surface area contributed by atoms with Crippen molar-refractivity contribution < 1.29 is 0 Å². The minimum Gasteiger partial charge on any atom is -0.305 e. The molecule has 0 radical (unpaired) electrons. The summed E-state index contributed by atoms with van der Waals surface area (Å²) in [5.41, 5.74) is 0. The van der Waals surface area contributed by atoms with Gasteiger partial charge >= 0.3 is 0 Å². The van der Waals surface area contributed by atoms with Crippen LogP contribution in [0.1, 0.15) is 38.5 Å². The first kappa shape index (κ1) is 11.4. The Hall–Kier alpha value is -0.0800. The highest BCUT2D eigenvalue weighted by Crippen LogP contribution is 2.26. The molecule has 1 unspecified atom stereocenters. The van der Waals surface area contributed by atoms with E-state index in [0.29, 0.717) is 0 Å². The van der Waals surface area contributed by atoms with Gasteiger partial charge in [-0.1, -0.05) is 12.8 Å². The van der Waals surface area contributed by atoms with Gasteiger partial charge in [-0.2, -0.15) is 0 Å². The normalized spacial score (nSPS) is 30.2. The summed E-state index contributed by atoms with van der Waals surface area (Å²) in [7, 11) is 4.45. The molecular formula is C13H26N2. The third-order valence-corrected chi connectivity index (χ3v) is 4.20. The lowest BCUT2D eigenvalue weighted by Gasteiger charge is -2.37. The second-order valence-electron chi connectivity index (χ2n) is 5.67. The monoisotopic (exact) mass is 210 g/mol. The van der Waals surface area contributed by atoms with Crippen LogP contribution in [0.4, 0.5) is 0 Å². The van der Waals surface area contributed by atoms with Gasteiger partial charge in [0.1, 0.15) is 0 Å². The molecule has 2 heteroatoms. The Bertz CT molecular complexity index is 183. The Morgan fingerprint density at radius 3 is 2.47 bits per heavy atom. The molecule has 1 heterocycles. The van der Waals surface area contributed by atoms with Crippen LogP contribution in [0.3, 0.4) is 0 Å². The van der Waals surface area contributed by atoms with Gasteiger partial charge in [0.2, 0.25) is 0 Å². The minimum atomic E-state index is 0.806. The summed E-state index contributed by atoms with van der Waals surface area (Å²) in [5, 5.41) is 0. The highest BCUT2D eigenvalue weighted by atomic mass is 15.2. The van der Waals surface area contributed by atoms with Gasteiger partial charge in [-0.25, -0.2) is 0 Å². The van der Waals surface area contributed by atoms with Gasteiger partial charge < -0.3 is 9.80 Å². The van der Waals surface area contributed by atoms with E-state index in [9.17, 15) is 0 Å². The Kier molecular flexibility index (Phi) is 4.04. The van der Waals surface area contributed by atoms with Crippen LogP contribution in [0.5, 0.6) is 0 Å². The molecule has 2 nitrogen and oxygen atoms in total. The molecule has 0 aromatic rings. The molecule has 1 saturated heterocycles. The maximum absolute atomic E-state index is 2.71. The summed E-state index contributed by atoms with van der Waals surface area (Å²) < 4.78 is 0. The molecule has 2 fully saturated rings. The van der Waals surface area contributed by atoms with E-state index in [1.165, 1.54) is 58.2 Å². The van der Waals surface area contributed by atoms with Gasteiger partial charge in [-0.05, 0) is 52.2 Å². The Morgan fingerprint density at radius 2 is 1.80 bits per heavy atom. The highest BCUT2D eigenvalue weighted by molar-refractivity contribution is 4.80. The summed E-state index contributed by atoms with van der Waals surface area (Å²) in [6, 6.07) is 0.806. The van der Waals surface area contributed by atoms with E-state index in [1.807, 2.05) is 0 Å². The third kappa shape index (κ3) is 3.18. The molecule has 2 aliphatic rings. The molecule has 1 aliphatic heterocycles. The second kappa shape index (κ2) is 5.31. The smallest absolute Gasteiger partial charge is 0.0217 e. The van der Waals surface area contributed by atoms with Crippen LogP contribution in [0.25, 0.3) is 0 Å². The fourth-order valence-electron chi connectivity index (χ4n) is 3.18. The topological polar surface area (TPSA) is 6.48 Å². The molecule has 15 heavy (non-hydrogen) atoms. The lowest BCUT2D eigenvalue weighted by Crippen LogP contribution is -2.46. The van der Waals surface area contributed by atoms with Gasteiger partial charge in [-0.3, -0.25) is 0 Å². The standard InChI is InChI=1S/C13H26N2/c1-14(2)13-8-5-9-15(11-13)10-12-6-3-4-7-12/h12-13H,3-11H2,1-2H3. The third-order valence-electron chi connectivity index (χ3n) is 4.20. The van der Waals surface area contributed by atoms with Crippen molar-refractivity contribution in [1.29, 1.82) is 0 Å². The second-order valence-corrected chi connectivity index (χ2v) is 5.67. The summed E-state index contributed by atoms with van der Waals surface area (Å²) in [6.45, 7) is 4.04. The van der Waals surface area contributed by atoms with Crippen LogP contribution in [-0.2, 0) is 0 Å². The van der Waals surface area contributed by atoms with Crippen molar-refractivity contribution in [2.75, 3.05) is 33.7 Å². The zero-order valence-electron chi connectivity index (χ0n) is 10.4. The van der Waals surface area contributed by atoms with E-state index in [0.717, 1.165) is 12.0 Å². The van der Waals surface area contributed by atoms with Gasteiger partial charge in [0.05, 0.1) is 0 Å². The van der Waals surface area contributed by atoms with Gasteiger partial charge in [0, 0.05) is 19.1 Å². The fourth-order valence-corrected chi connectivity index (χ4v) is 3.18. The zero-order valence-corrected chi connectivity index (χ0v) is 10.4. The Labute approximate surface area is 94.6 Å². The molecule has 0 amide bonds. The van der Waals surface area contributed by atoms with Crippen LogP contribution < -0.4 is 0 Å². The maximum Gasteiger partial charge on any atom is 0.0217 e. The molecule has 2 rings (SSSR count). The minimum absolute atomic E-state index is 0.806. The Morgan fingerprint density at radius 1 is 1.07 bits per heavy atom. The summed E-state index contributed by atoms with van der Waals surface area (Å²) in [5.74, 6) is 1.02. The van der Waals surface area contributed by atoms with E-state index in [-0.39, 0.29) is 0 Å². The number of piperidine rings is 1. The van der Waals surface area contributed by atoms with E-state index in [4.69, 9.17) is 0 Å². The average molecular weight is 210 g/mol. The predicted octanol–water partition coefficient (Wildman–Crippen LogP) is 2.20. The van der Waals surface area contributed by atoms with Gasteiger partial charge in [0.25, 0.3) is 0 Å². The Balaban J connectivity index is 1.76. The molecular weight excluding hydrogens is 184 g/mol. The number of likely N-dealkylation sites (tertiary alicyclic amines) is 1. The number of hydrogen-bond acceptors (Lipinski definition) is 2. The molecule has 1 aliphatic carbocycles. The van der Waals surface area contributed by atoms with Crippen LogP contribution in [0.15, 0.2) is 0 Å².